The largest absolute Gasteiger partial charge is 0.416 e. The summed E-state index contributed by atoms with van der Waals surface area (Å²) < 4.78 is 38.4. The fourth-order valence-electron chi connectivity index (χ4n) is 1.60. The Balaban J connectivity index is 2.18. The van der Waals surface area contributed by atoms with Gasteiger partial charge in [0.05, 0.1) is 9.35 Å². The minimum Gasteiger partial charge on any atom is -0.294 e. The fraction of sp³-hybridized carbons (Fsp3) is 0.154. The van der Waals surface area contributed by atoms with Crippen LogP contribution in [-0.2, 0) is 12.6 Å². The zero-order chi connectivity index (χ0) is 14.0. The molecule has 1 aromatic heterocycles. The van der Waals surface area contributed by atoms with Crippen molar-refractivity contribution in [1.29, 1.82) is 0 Å². The van der Waals surface area contributed by atoms with Crippen LogP contribution in [0.2, 0.25) is 0 Å². The average molecular weight is 349 g/mol. The number of ketones is 1. The van der Waals surface area contributed by atoms with Crippen LogP contribution in [0.1, 0.15) is 21.5 Å². The van der Waals surface area contributed by atoms with Crippen LogP contribution in [0.25, 0.3) is 0 Å². The topological polar surface area (TPSA) is 17.1 Å². The summed E-state index contributed by atoms with van der Waals surface area (Å²) in [5, 5.41) is 1.68. The quantitative estimate of drug-likeness (QED) is 0.717. The van der Waals surface area contributed by atoms with Gasteiger partial charge < -0.3 is 0 Å². The van der Waals surface area contributed by atoms with Crippen LogP contribution >= 0.6 is 27.3 Å². The summed E-state index contributed by atoms with van der Waals surface area (Å²) in [6.45, 7) is 0. The van der Waals surface area contributed by atoms with Gasteiger partial charge in [-0.3, -0.25) is 4.79 Å². The Hall–Kier alpha value is -1.14. The normalized spacial score (nSPS) is 11.6. The van der Waals surface area contributed by atoms with Gasteiger partial charge in [-0.15, -0.1) is 11.3 Å². The third-order valence-electron chi connectivity index (χ3n) is 2.51. The predicted octanol–water partition coefficient (Wildman–Crippen LogP) is 4.95. The Morgan fingerprint density at radius 3 is 2.58 bits per heavy atom. The lowest BCUT2D eigenvalue weighted by Crippen LogP contribution is -2.07. The first-order chi connectivity index (χ1) is 8.86. The number of Topliss-reactive ketones (excluding diaryl/α,β-unsaturated/α-hetero) is 1. The number of benzene rings is 1. The van der Waals surface area contributed by atoms with Crippen LogP contribution in [0.4, 0.5) is 13.2 Å². The Morgan fingerprint density at radius 2 is 2.00 bits per heavy atom. The van der Waals surface area contributed by atoms with Gasteiger partial charge in [0.25, 0.3) is 0 Å². The molecule has 0 fully saturated rings. The molecular weight excluding hydrogens is 341 g/mol. The summed E-state index contributed by atoms with van der Waals surface area (Å²) in [5.74, 6) is -0.193. The van der Waals surface area contributed by atoms with Crippen molar-refractivity contribution in [3.05, 3.63) is 56.2 Å². The van der Waals surface area contributed by atoms with E-state index in [1.807, 2.05) is 0 Å². The molecule has 1 aromatic carbocycles. The molecule has 0 amide bonds. The average Bonchev–Trinajstić information content (AvgIpc) is 2.75. The highest BCUT2D eigenvalue weighted by Gasteiger charge is 2.30. The second-order valence-corrected chi connectivity index (χ2v) is 6.23. The van der Waals surface area contributed by atoms with Crippen molar-refractivity contribution in [3.8, 4) is 0 Å². The van der Waals surface area contributed by atoms with E-state index in [1.165, 1.54) is 23.5 Å². The number of alkyl halides is 3. The molecule has 0 aliphatic rings. The molecule has 0 unspecified atom stereocenters. The van der Waals surface area contributed by atoms with Crippen LogP contribution in [0.5, 0.6) is 0 Å². The lowest BCUT2D eigenvalue weighted by Gasteiger charge is -2.08. The van der Waals surface area contributed by atoms with Gasteiger partial charge in [-0.2, -0.15) is 13.2 Å². The lowest BCUT2D eigenvalue weighted by atomic mass is 10.0. The monoisotopic (exact) mass is 348 g/mol. The molecule has 0 spiro atoms. The molecule has 6 heteroatoms. The first kappa shape index (κ1) is 14.3. The van der Waals surface area contributed by atoms with E-state index in [-0.39, 0.29) is 12.2 Å². The summed E-state index contributed by atoms with van der Waals surface area (Å²) in [6.07, 6.45) is -4.42. The summed E-state index contributed by atoms with van der Waals surface area (Å²) in [7, 11) is 0. The summed E-state index contributed by atoms with van der Waals surface area (Å²) in [6, 6.07) is 6.51. The van der Waals surface area contributed by atoms with Crippen LogP contribution in [0.3, 0.4) is 0 Å². The van der Waals surface area contributed by atoms with Crippen molar-refractivity contribution in [2.45, 2.75) is 12.6 Å². The minimum absolute atomic E-state index is 0.0346. The standard InChI is InChI=1S/C13H8BrF3OS/c14-12-6-9(7-19-12)11(18)5-8-2-1-3-10(4-8)13(15,16)17/h1-4,6-7H,5H2. The third kappa shape index (κ3) is 3.67. The van der Waals surface area contributed by atoms with Crippen molar-refractivity contribution >= 4 is 33.0 Å². The van der Waals surface area contributed by atoms with Gasteiger partial charge >= 0.3 is 6.18 Å². The first-order valence-corrected chi connectivity index (χ1v) is 6.97. The third-order valence-corrected chi connectivity index (χ3v) is 4.01. The maximum absolute atomic E-state index is 12.5. The van der Waals surface area contributed by atoms with E-state index in [1.54, 1.807) is 11.4 Å². The van der Waals surface area contributed by atoms with Crippen molar-refractivity contribution in [1.82, 2.24) is 0 Å². The number of carbonyl (C=O) groups excluding carboxylic acids is 1. The maximum Gasteiger partial charge on any atom is 0.416 e. The molecule has 0 saturated heterocycles. The zero-order valence-corrected chi connectivity index (χ0v) is 11.9. The van der Waals surface area contributed by atoms with Crippen LogP contribution < -0.4 is 0 Å². The van der Waals surface area contributed by atoms with Gasteiger partial charge in [-0.25, -0.2) is 0 Å². The van der Waals surface area contributed by atoms with Gasteiger partial charge in [-0.05, 0) is 33.6 Å². The molecule has 0 bridgehead atoms. The second-order valence-electron chi connectivity index (χ2n) is 3.94. The number of halogens is 4. The summed E-state index contributed by atoms with van der Waals surface area (Å²) in [4.78, 5) is 11.9. The first-order valence-electron chi connectivity index (χ1n) is 5.29. The molecule has 0 N–H and O–H groups in total. The van der Waals surface area contributed by atoms with Gasteiger partial charge in [0.2, 0.25) is 0 Å². The van der Waals surface area contributed by atoms with Crippen molar-refractivity contribution in [2.75, 3.05) is 0 Å². The Kier molecular flexibility index (Phi) is 4.10. The highest BCUT2D eigenvalue weighted by atomic mass is 79.9. The highest BCUT2D eigenvalue weighted by molar-refractivity contribution is 9.11. The number of carbonyl (C=O) groups is 1. The molecule has 1 nitrogen and oxygen atoms in total. The van der Waals surface area contributed by atoms with E-state index in [9.17, 15) is 18.0 Å². The van der Waals surface area contributed by atoms with E-state index in [4.69, 9.17) is 0 Å². The van der Waals surface area contributed by atoms with E-state index >= 15 is 0 Å². The van der Waals surface area contributed by atoms with Crippen molar-refractivity contribution in [2.24, 2.45) is 0 Å². The molecule has 0 radical (unpaired) electrons. The van der Waals surface area contributed by atoms with E-state index in [0.29, 0.717) is 11.1 Å². The van der Waals surface area contributed by atoms with Gasteiger partial charge in [0, 0.05) is 17.4 Å². The Labute approximate surface area is 120 Å². The molecule has 2 aromatic rings. The van der Waals surface area contributed by atoms with Gasteiger partial charge in [0.1, 0.15) is 0 Å². The number of hydrogen-bond acceptors (Lipinski definition) is 2. The smallest absolute Gasteiger partial charge is 0.294 e. The number of hydrogen-bond donors (Lipinski definition) is 0. The molecule has 2 rings (SSSR count). The molecule has 100 valence electrons. The van der Waals surface area contributed by atoms with Crippen molar-refractivity contribution in [3.63, 3.8) is 0 Å². The van der Waals surface area contributed by atoms with Crippen LogP contribution in [-0.4, -0.2) is 5.78 Å². The van der Waals surface area contributed by atoms with E-state index in [2.05, 4.69) is 15.9 Å². The second kappa shape index (κ2) is 5.46. The number of rotatable bonds is 3. The number of thiophene rings is 1. The summed E-state index contributed by atoms with van der Waals surface area (Å²) in [5.41, 5.74) is 0.140. The predicted molar refractivity (Wildman–Crippen MR) is 71.5 cm³/mol. The van der Waals surface area contributed by atoms with E-state index in [0.717, 1.165) is 15.9 Å². The molecule has 19 heavy (non-hydrogen) atoms. The Bertz CT molecular complexity index is 604. The fourth-order valence-corrected chi connectivity index (χ4v) is 2.76. The molecule has 0 saturated carbocycles. The SMILES string of the molecule is O=C(Cc1cccc(C(F)(F)F)c1)c1csc(Br)c1. The van der Waals surface area contributed by atoms with Crippen LogP contribution in [0.15, 0.2) is 39.5 Å². The lowest BCUT2D eigenvalue weighted by molar-refractivity contribution is -0.137. The van der Waals surface area contributed by atoms with Crippen molar-refractivity contribution < 1.29 is 18.0 Å². The van der Waals surface area contributed by atoms with Gasteiger partial charge in [-0.1, -0.05) is 18.2 Å². The van der Waals surface area contributed by atoms with E-state index < -0.39 is 11.7 Å². The molecule has 0 aliphatic carbocycles. The molecule has 0 atom stereocenters. The highest BCUT2D eigenvalue weighted by Crippen LogP contribution is 2.30. The molecule has 1 heterocycles. The summed E-state index contributed by atoms with van der Waals surface area (Å²) >= 11 is 4.61. The van der Waals surface area contributed by atoms with Crippen LogP contribution in [0, 0.1) is 0 Å². The molecule has 0 aliphatic heterocycles. The Morgan fingerprint density at radius 1 is 1.26 bits per heavy atom. The van der Waals surface area contributed by atoms with Gasteiger partial charge in [0.15, 0.2) is 5.78 Å². The maximum atomic E-state index is 12.5. The zero-order valence-electron chi connectivity index (χ0n) is 9.50. The molecular formula is C13H8BrF3OS. The minimum atomic E-state index is -4.38.